The zero-order chi connectivity index (χ0) is 15.3. The lowest BCUT2D eigenvalue weighted by molar-refractivity contribution is -0.164. The molecule has 0 aliphatic rings. The summed E-state index contributed by atoms with van der Waals surface area (Å²) >= 11 is 0. The summed E-state index contributed by atoms with van der Waals surface area (Å²) in [4.78, 5) is 12.9. The molecule has 0 fully saturated rings. The molecule has 112 valence electrons. The summed E-state index contributed by atoms with van der Waals surface area (Å²) in [6, 6.07) is 6.50. The molecule has 0 heterocycles. The van der Waals surface area contributed by atoms with Crippen molar-refractivity contribution in [1.29, 1.82) is 0 Å². The molecule has 6 heteroatoms. The van der Waals surface area contributed by atoms with Gasteiger partial charge in [0.05, 0.1) is 6.42 Å². The van der Waals surface area contributed by atoms with Crippen LogP contribution in [0.2, 0.25) is 0 Å². The Bertz CT molecular complexity index is 458. The second kappa shape index (κ2) is 6.74. The van der Waals surface area contributed by atoms with E-state index < -0.39 is 24.7 Å². The normalized spacial score (nSPS) is 11.8. The summed E-state index contributed by atoms with van der Waals surface area (Å²) in [7, 11) is 0. The minimum absolute atomic E-state index is 0.0678. The van der Waals surface area contributed by atoms with Gasteiger partial charge in [-0.1, -0.05) is 24.3 Å². The first-order valence-electron chi connectivity index (χ1n) is 6.37. The van der Waals surface area contributed by atoms with Gasteiger partial charge in [0.1, 0.15) is 6.54 Å². The second-order valence-electron chi connectivity index (χ2n) is 4.88. The molecule has 1 rings (SSSR count). The topological polar surface area (TPSA) is 46.3 Å². The lowest BCUT2D eigenvalue weighted by Gasteiger charge is -2.28. The molecule has 20 heavy (non-hydrogen) atoms. The fourth-order valence-electron chi connectivity index (χ4n) is 1.95. The number of nitrogens with zero attached hydrogens (tertiary/aromatic N) is 1. The summed E-state index contributed by atoms with van der Waals surface area (Å²) in [5.41, 5.74) is 7.01. The molecular weight excluding hydrogens is 269 g/mol. The van der Waals surface area contributed by atoms with Gasteiger partial charge in [0.15, 0.2) is 0 Å². The SMILES string of the molecule is CC(C)N(CC(F)(F)F)C(=O)Cc1ccccc1CN. The highest BCUT2D eigenvalue weighted by Gasteiger charge is 2.34. The first kappa shape index (κ1) is 16.5. The van der Waals surface area contributed by atoms with Crippen LogP contribution in [0.4, 0.5) is 13.2 Å². The number of benzene rings is 1. The van der Waals surface area contributed by atoms with Crippen LogP contribution >= 0.6 is 0 Å². The van der Waals surface area contributed by atoms with Gasteiger partial charge in [0.2, 0.25) is 5.91 Å². The van der Waals surface area contributed by atoms with E-state index >= 15 is 0 Å². The number of hydrogen-bond acceptors (Lipinski definition) is 2. The molecule has 0 aliphatic carbocycles. The van der Waals surface area contributed by atoms with E-state index in [1.807, 2.05) is 0 Å². The predicted octanol–water partition coefficient (Wildman–Crippen LogP) is 2.49. The predicted molar refractivity (Wildman–Crippen MR) is 70.9 cm³/mol. The van der Waals surface area contributed by atoms with E-state index in [1.165, 1.54) is 0 Å². The number of halogens is 3. The van der Waals surface area contributed by atoms with Crippen molar-refractivity contribution in [2.75, 3.05) is 6.54 Å². The minimum atomic E-state index is -4.40. The number of hydrogen-bond donors (Lipinski definition) is 1. The van der Waals surface area contributed by atoms with Crippen molar-refractivity contribution in [3.05, 3.63) is 35.4 Å². The van der Waals surface area contributed by atoms with Crippen molar-refractivity contribution >= 4 is 5.91 Å². The van der Waals surface area contributed by atoms with E-state index in [1.54, 1.807) is 38.1 Å². The van der Waals surface area contributed by atoms with Crippen LogP contribution in [0.5, 0.6) is 0 Å². The lowest BCUT2D eigenvalue weighted by Crippen LogP contribution is -2.44. The van der Waals surface area contributed by atoms with Crippen LogP contribution in [-0.4, -0.2) is 29.6 Å². The number of carbonyl (C=O) groups is 1. The van der Waals surface area contributed by atoms with Crippen molar-refractivity contribution in [3.63, 3.8) is 0 Å². The van der Waals surface area contributed by atoms with Crippen LogP contribution in [0.15, 0.2) is 24.3 Å². The number of nitrogens with two attached hydrogens (primary N) is 1. The molecule has 3 nitrogen and oxygen atoms in total. The maximum Gasteiger partial charge on any atom is 0.406 e. The third kappa shape index (κ3) is 4.85. The molecule has 0 saturated carbocycles. The van der Waals surface area contributed by atoms with Crippen molar-refractivity contribution in [2.24, 2.45) is 5.73 Å². The van der Waals surface area contributed by atoms with Crippen LogP contribution in [0.3, 0.4) is 0 Å². The third-order valence-electron chi connectivity index (χ3n) is 2.97. The van der Waals surface area contributed by atoms with Crippen molar-refractivity contribution in [1.82, 2.24) is 4.90 Å². The highest BCUT2D eigenvalue weighted by molar-refractivity contribution is 5.79. The molecule has 0 aromatic heterocycles. The summed E-state index contributed by atoms with van der Waals surface area (Å²) in [6.45, 7) is 2.16. The van der Waals surface area contributed by atoms with E-state index in [4.69, 9.17) is 5.73 Å². The van der Waals surface area contributed by atoms with Gasteiger partial charge in [0.25, 0.3) is 0 Å². The average molecular weight is 288 g/mol. The van der Waals surface area contributed by atoms with E-state index in [9.17, 15) is 18.0 Å². The number of alkyl halides is 3. The van der Waals surface area contributed by atoms with Gasteiger partial charge < -0.3 is 10.6 Å². The van der Waals surface area contributed by atoms with Crippen LogP contribution in [0, 0.1) is 0 Å². The molecular formula is C14H19F3N2O. The molecule has 0 unspecified atom stereocenters. The first-order chi connectivity index (χ1) is 9.24. The zero-order valence-corrected chi connectivity index (χ0v) is 11.6. The maximum atomic E-state index is 12.5. The summed E-state index contributed by atoms with van der Waals surface area (Å²) in [5.74, 6) is -0.543. The molecule has 0 saturated heterocycles. The fraction of sp³-hybridized carbons (Fsp3) is 0.500. The molecule has 0 bridgehead atoms. The number of carbonyl (C=O) groups excluding carboxylic acids is 1. The van der Waals surface area contributed by atoms with Crippen molar-refractivity contribution in [2.45, 2.75) is 39.0 Å². The summed E-state index contributed by atoms with van der Waals surface area (Å²) in [6.07, 6.45) is -4.46. The Balaban J connectivity index is 2.86. The summed E-state index contributed by atoms with van der Waals surface area (Å²) < 4.78 is 37.5. The van der Waals surface area contributed by atoms with Crippen LogP contribution < -0.4 is 5.73 Å². The largest absolute Gasteiger partial charge is 0.406 e. The van der Waals surface area contributed by atoms with Gasteiger partial charge in [0, 0.05) is 12.6 Å². The van der Waals surface area contributed by atoms with Gasteiger partial charge in [-0.3, -0.25) is 4.79 Å². The fourth-order valence-corrected chi connectivity index (χ4v) is 1.95. The van der Waals surface area contributed by atoms with Gasteiger partial charge >= 0.3 is 6.18 Å². The Kier molecular flexibility index (Phi) is 5.56. The van der Waals surface area contributed by atoms with E-state index in [0.717, 1.165) is 10.5 Å². The first-order valence-corrected chi connectivity index (χ1v) is 6.37. The number of amides is 1. The molecule has 1 aromatic carbocycles. The van der Waals surface area contributed by atoms with Crippen LogP contribution in [0.1, 0.15) is 25.0 Å². The third-order valence-corrected chi connectivity index (χ3v) is 2.97. The quantitative estimate of drug-likeness (QED) is 0.905. The van der Waals surface area contributed by atoms with E-state index in [-0.39, 0.29) is 13.0 Å². The highest BCUT2D eigenvalue weighted by Crippen LogP contribution is 2.19. The molecule has 0 atom stereocenters. The van der Waals surface area contributed by atoms with Crippen LogP contribution in [-0.2, 0) is 17.8 Å². The van der Waals surface area contributed by atoms with E-state index in [2.05, 4.69) is 0 Å². The molecule has 0 radical (unpaired) electrons. The highest BCUT2D eigenvalue weighted by atomic mass is 19.4. The smallest absolute Gasteiger partial charge is 0.331 e. The van der Waals surface area contributed by atoms with Crippen molar-refractivity contribution < 1.29 is 18.0 Å². The second-order valence-corrected chi connectivity index (χ2v) is 4.88. The Morgan fingerprint density at radius 2 is 1.80 bits per heavy atom. The van der Waals surface area contributed by atoms with E-state index in [0.29, 0.717) is 5.56 Å². The maximum absolute atomic E-state index is 12.5. The standard InChI is InChI=1S/C14H19F3N2O/c1-10(2)19(9-14(15,16)17)13(20)7-11-5-3-4-6-12(11)8-18/h3-6,10H,7-9,18H2,1-2H3. The zero-order valence-electron chi connectivity index (χ0n) is 11.6. The molecule has 0 spiro atoms. The molecule has 2 N–H and O–H groups in total. The Labute approximate surface area is 116 Å². The van der Waals surface area contributed by atoms with Crippen LogP contribution in [0.25, 0.3) is 0 Å². The van der Waals surface area contributed by atoms with Gasteiger partial charge in [-0.2, -0.15) is 13.2 Å². The minimum Gasteiger partial charge on any atom is -0.331 e. The Hall–Kier alpha value is -1.56. The molecule has 1 aromatic rings. The molecule has 1 amide bonds. The Morgan fingerprint density at radius 1 is 1.25 bits per heavy atom. The van der Waals surface area contributed by atoms with Gasteiger partial charge in [-0.05, 0) is 25.0 Å². The monoisotopic (exact) mass is 288 g/mol. The average Bonchev–Trinajstić information content (AvgIpc) is 2.35. The van der Waals surface area contributed by atoms with Gasteiger partial charge in [-0.25, -0.2) is 0 Å². The number of rotatable bonds is 5. The Morgan fingerprint density at radius 3 is 2.25 bits per heavy atom. The lowest BCUT2D eigenvalue weighted by atomic mass is 10.0. The van der Waals surface area contributed by atoms with Crippen molar-refractivity contribution in [3.8, 4) is 0 Å². The summed E-state index contributed by atoms with van der Waals surface area (Å²) in [5, 5.41) is 0. The molecule has 0 aliphatic heterocycles. The van der Waals surface area contributed by atoms with Gasteiger partial charge in [-0.15, -0.1) is 0 Å².